The number of rotatable bonds is 5. The predicted molar refractivity (Wildman–Crippen MR) is 74.9 cm³/mol. The van der Waals surface area contributed by atoms with Crippen molar-refractivity contribution in [1.29, 1.82) is 0 Å². The van der Waals surface area contributed by atoms with Crippen LogP contribution in [0.25, 0.3) is 0 Å². The molecule has 20 heavy (non-hydrogen) atoms. The molecule has 2 N–H and O–H groups in total. The predicted octanol–water partition coefficient (Wildman–Crippen LogP) is 0.0333. The molecule has 0 bridgehead atoms. The van der Waals surface area contributed by atoms with Crippen LogP contribution >= 0.6 is 0 Å². The van der Waals surface area contributed by atoms with Gasteiger partial charge in [-0.2, -0.15) is 0 Å². The highest BCUT2D eigenvalue weighted by Crippen LogP contribution is 2.30. The minimum atomic E-state index is -3.53. The standard InChI is InChI=1S/C12H19N5O2S/c1-13-12-14-6-11(7-15-12)20(18,19)16-9-4-5-17(8-9)10-2-3-10/h6-7,9-10,16H,2-5,8H2,1H3,(H,13,14,15). The Hall–Kier alpha value is -1.25. The van der Waals surface area contributed by atoms with E-state index in [2.05, 4.69) is 24.9 Å². The highest BCUT2D eigenvalue weighted by molar-refractivity contribution is 7.89. The highest BCUT2D eigenvalue weighted by Gasteiger charge is 2.35. The summed E-state index contributed by atoms with van der Waals surface area (Å²) in [6.07, 6.45) is 6.02. The van der Waals surface area contributed by atoms with E-state index in [0.717, 1.165) is 19.5 Å². The van der Waals surface area contributed by atoms with Gasteiger partial charge in [-0.3, -0.25) is 4.90 Å². The fourth-order valence-corrected chi connectivity index (χ4v) is 3.68. The van der Waals surface area contributed by atoms with Crippen molar-refractivity contribution in [1.82, 2.24) is 19.6 Å². The summed E-state index contributed by atoms with van der Waals surface area (Å²) in [5.41, 5.74) is 0. The number of nitrogens with one attached hydrogen (secondary N) is 2. The van der Waals surface area contributed by atoms with Gasteiger partial charge in [-0.05, 0) is 19.3 Å². The second kappa shape index (κ2) is 5.27. The summed E-state index contributed by atoms with van der Waals surface area (Å²) in [6, 6.07) is 0.673. The Labute approximate surface area is 118 Å². The molecule has 0 aromatic carbocycles. The molecule has 0 amide bonds. The number of sulfonamides is 1. The lowest BCUT2D eigenvalue weighted by atomic mass is 10.3. The Bertz CT molecular complexity index is 570. The Kier molecular flexibility index (Phi) is 3.61. The Morgan fingerprint density at radius 1 is 1.25 bits per heavy atom. The zero-order valence-corrected chi connectivity index (χ0v) is 12.2. The van der Waals surface area contributed by atoms with Crippen LogP contribution in [0.1, 0.15) is 19.3 Å². The van der Waals surface area contributed by atoms with E-state index >= 15 is 0 Å². The number of hydrogen-bond donors (Lipinski definition) is 2. The number of hydrogen-bond acceptors (Lipinski definition) is 6. The van der Waals surface area contributed by atoms with Crippen LogP contribution in [-0.4, -0.2) is 55.5 Å². The number of anilines is 1. The maximum Gasteiger partial charge on any atom is 0.243 e. The summed E-state index contributed by atoms with van der Waals surface area (Å²) in [6.45, 7) is 1.78. The molecule has 1 atom stereocenters. The molecule has 1 aliphatic heterocycles. The number of nitrogens with zero attached hydrogens (tertiary/aromatic N) is 3. The Balaban J connectivity index is 1.65. The first-order valence-electron chi connectivity index (χ1n) is 6.84. The average Bonchev–Trinajstić information content (AvgIpc) is 3.20. The first-order valence-corrected chi connectivity index (χ1v) is 8.33. The largest absolute Gasteiger partial charge is 0.357 e. The van der Waals surface area contributed by atoms with E-state index in [1.807, 2.05) is 0 Å². The molecule has 7 nitrogen and oxygen atoms in total. The van der Waals surface area contributed by atoms with Gasteiger partial charge in [0.25, 0.3) is 0 Å². The molecule has 2 fully saturated rings. The van der Waals surface area contributed by atoms with E-state index in [4.69, 9.17) is 0 Å². The number of aromatic nitrogens is 2. The van der Waals surface area contributed by atoms with Crippen LogP contribution in [0.3, 0.4) is 0 Å². The lowest BCUT2D eigenvalue weighted by Gasteiger charge is -2.15. The van der Waals surface area contributed by atoms with Crippen molar-refractivity contribution in [3.8, 4) is 0 Å². The van der Waals surface area contributed by atoms with Crippen LogP contribution < -0.4 is 10.0 Å². The minimum absolute atomic E-state index is 0.00965. The third-order valence-electron chi connectivity index (χ3n) is 3.77. The van der Waals surface area contributed by atoms with Gasteiger partial charge >= 0.3 is 0 Å². The maximum atomic E-state index is 12.2. The Morgan fingerprint density at radius 3 is 2.55 bits per heavy atom. The van der Waals surface area contributed by atoms with Gasteiger partial charge in [0, 0.05) is 32.2 Å². The van der Waals surface area contributed by atoms with E-state index in [0.29, 0.717) is 12.0 Å². The lowest BCUT2D eigenvalue weighted by molar-refractivity contribution is 0.322. The van der Waals surface area contributed by atoms with Crippen molar-refractivity contribution in [2.24, 2.45) is 0 Å². The highest BCUT2D eigenvalue weighted by atomic mass is 32.2. The summed E-state index contributed by atoms with van der Waals surface area (Å²) in [4.78, 5) is 10.4. The van der Waals surface area contributed by atoms with Crippen molar-refractivity contribution in [2.75, 3.05) is 25.5 Å². The summed E-state index contributed by atoms with van der Waals surface area (Å²) in [7, 11) is -1.84. The molecule has 1 saturated heterocycles. The van der Waals surface area contributed by atoms with E-state index in [-0.39, 0.29) is 10.9 Å². The fourth-order valence-electron chi connectivity index (χ4n) is 2.53. The van der Waals surface area contributed by atoms with Gasteiger partial charge in [0.15, 0.2) is 0 Å². The summed E-state index contributed by atoms with van der Waals surface area (Å²) < 4.78 is 27.3. The van der Waals surface area contributed by atoms with Crippen LogP contribution in [0.15, 0.2) is 17.3 Å². The second-order valence-corrected chi connectivity index (χ2v) is 7.04. The van der Waals surface area contributed by atoms with Crippen molar-refractivity contribution in [3.63, 3.8) is 0 Å². The molecule has 1 aromatic heterocycles. The molecule has 1 aromatic rings. The molecular formula is C12H19N5O2S. The van der Waals surface area contributed by atoms with Crippen molar-refractivity contribution in [3.05, 3.63) is 12.4 Å². The molecule has 1 saturated carbocycles. The van der Waals surface area contributed by atoms with E-state index in [1.54, 1.807) is 7.05 Å². The normalized spacial score (nSPS) is 23.9. The molecule has 2 aliphatic rings. The van der Waals surface area contributed by atoms with E-state index < -0.39 is 10.0 Å². The van der Waals surface area contributed by atoms with Gasteiger partial charge in [-0.15, -0.1) is 0 Å². The molecule has 1 unspecified atom stereocenters. The third kappa shape index (κ3) is 2.92. The average molecular weight is 297 g/mol. The maximum absolute atomic E-state index is 12.2. The van der Waals surface area contributed by atoms with Crippen LogP contribution in [-0.2, 0) is 10.0 Å². The van der Waals surface area contributed by atoms with Crippen LogP contribution in [0.4, 0.5) is 5.95 Å². The zero-order valence-electron chi connectivity index (χ0n) is 11.4. The van der Waals surface area contributed by atoms with Crippen LogP contribution in [0, 0.1) is 0 Å². The molecular weight excluding hydrogens is 278 g/mol. The van der Waals surface area contributed by atoms with Gasteiger partial charge in [0.2, 0.25) is 16.0 Å². The minimum Gasteiger partial charge on any atom is -0.357 e. The monoisotopic (exact) mass is 297 g/mol. The first kappa shape index (κ1) is 13.7. The van der Waals surface area contributed by atoms with Crippen molar-refractivity contribution in [2.45, 2.75) is 36.2 Å². The molecule has 3 rings (SSSR count). The number of likely N-dealkylation sites (tertiary alicyclic amines) is 1. The SMILES string of the molecule is CNc1ncc(S(=O)(=O)NC2CCN(C3CC3)C2)cn1. The quantitative estimate of drug-likeness (QED) is 0.797. The summed E-state index contributed by atoms with van der Waals surface area (Å²) >= 11 is 0. The molecule has 0 spiro atoms. The molecule has 110 valence electrons. The lowest BCUT2D eigenvalue weighted by Crippen LogP contribution is -2.37. The summed E-state index contributed by atoms with van der Waals surface area (Å²) in [5.74, 6) is 0.407. The van der Waals surface area contributed by atoms with Gasteiger partial charge in [0.05, 0.1) is 12.4 Å². The van der Waals surface area contributed by atoms with Gasteiger partial charge in [-0.1, -0.05) is 0 Å². The van der Waals surface area contributed by atoms with E-state index in [1.165, 1.54) is 25.2 Å². The van der Waals surface area contributed by atoms with Gasteiger partial charge in [0.1, 0.15) is 4.90 Å². The molecule has 2 heterocycles. The van der Waals surface area contributed by atoms with Crippen LogP contribution in [0.5, 0.6) is 0 Å². The molecule has 0 radical (unpaired) electrons. The van der Waals surface area contributed by atoms with Crippen LogP contribution in [0.2, 0.25) is 0 Å². The van der Waals surface area contributed by atoms with Crippen molar-refractivity contribution >= 4 is 16.0 Å². The Morgan fingerprint density at radius 2 is 1.95 bits per heavy atom. The fraction of sp³-hybridized carbons (Fsp3) is 0.667. The molecule has 8 heteroatoms. The second-order valence-electron chi connectivity index (χ2n) is 5.33. The van der Waals surface area contributed by atoms with E-state index in [9.17, 15) is 8.42 Å². The topological polar surface area (TPSA) is 87.2 Å². The smallest absolute Gasteiger partial charge is 0.243 e. The van der Waals surface area contributed by atoms with Crippen molar-refractivity contribution < 1.29 is 8.42 Å². The summed E-state index contributed by atoms with van der Waals surface area (Å²) in [5, 5.41) is 2.76. The molecule has 1 aliphatic carbocycles. The van der Waals surface area contributed by atoms with Gasteiger partial charge < -0.3 is 5.32 Å². The zero-order chi connectivity index (χ0) is 14.2. The first-order chi connectivity index (χ1) is 9.58. The third-order valence-corrected chi connectivity index (χ3v) is 5.24. The van der Waals surface area contributed by atoms with Gasteiger partial charge in [-0.25, -0.2) is 23.1 Å².